The van der Waals surface area contributed by atoms with Gasteiger partial charge in [-0.25, -0.2) is 4.79 Å². The lowest BCUT2D eigenvalue weighted by Crippen LogP contribution is -2.21. The molecule has 0 saturated carbocycles. The molecule has 0 saturated heterocycles. The predicted molar refractivity (Wildman–Crippen MR) is 104 cm³/mol. The van der Waals surface area contributed by atoms with E-state index in [1.165, 1.54) is 0 Å². The molecule has 3 aromatic carbocycles. The molecule has 0 aliphatic carbocycles. The highest BCUT2D eigenvalue weighted by atomic mass is 16.4. The van der Waals surface area contributed by atoms with E-state index in [9.17, 15) is 9.59 Å². The van der Waals surface area contributed by atoms with Gasteiger partial charge in [-0.05, 0) is 41.0 Å². The number of para-hydroxylation sites is 1. The molecule has 1 aromatic heterocycles. The first-order chi connectivity index (χ1) is 12.7. The number of benzene rings is 3. The maximum atomic E-state index is 12.7. The van der Waals surface area contributed by atoms with E-state index in [-0.39, 0.29) is 5.56 Å². The molecule has 0 bridgehead atoms. The van der Waals surface area contributed by atoms with Gasteiger partial charge in [0, 0.05) is 11.1 Å². The Bertz CT molecular complexity index is 1190. The van der Waals surface area contributed by atoms with Gasteiger partial charge in [-0.1, -0.05) is 55.5 Å². The van der Waals surface area contributed by atoms with Crippen molar-refractivity contribution in [1.29, 1.82) is 0 Å². The van der Waals surface area contributed by atoms with Crippen molar-refractivity contribution >= 4 is 33.3 Å². The van der Waals surface area contributed by atoms with Gasteiger partial charge in [-0.3, -0.25) is 4.79 Å². The van der Waals surface area contributed by atoms with Crippen LogP contribution in [-0.2, 0) is 6.42 Å². The number of carbonyl (C=O) groups excluding carboxylic acids is 1. The molecule has 0 spiro atoms. The van der Waals surface area contributed by atoms with Gasteiger partial charge in [0.05, 0.1) is 0 Å². The molecule has 4 rings (SSSR count). The highest BCUT2D eigenvalue weighted by Crippen LogP contribution is 2.25. The van der Waals surface area contributed by atoms with E-state index in [1.807, 2.05) is 61.5 Å². The first kappa shape index (κ1) is 16.1. The van der Waals surface area contributed by atoms with E-state index in [1.54, 1.807) is 12.1 Å². The molecule has 1 amide bonds. The number of aryl methyl sites for hydroxylation is 1. The summed E-state index contributed by atoms with van der Waals surface area (Å²) in [6.45, 7) is 2.02. The zero-order chi connectivity index (χ0) is 18.1. The summed E-state index contributed by atoms with van der Waals surface area (Å²) in [5.41, 5.74) is 1.55. The van der Waals surface area contributed by atoms with Crippen molar-refractivity contribution in [1.82, 2.24) is 0 Å². The van der Waals surface area contributed by atoms with Gasteiger partial charge >= 0.3 is 5.63 Å². The summed E-state index contributed by atoms with van der Waals surface area (Å²) in [6, 6.07) is 20.6. The Morgan fingerprint density at radius 1 is 0.962 bits per heavy atom. The summed E-state index contributed by atoms with van der Waals surface area (Å²) in [5, 5.41) is 5.55. The molecule has 0 aliphatic heterocycles. The van der Waals surface area contributed by atoms with Gasteiger partial charge in [0.1, 0.15) is 11.1 Å². The summed E-state index contributed by atoms with van der Waals surface area (Å²) < 4.78 is 5.40. The molecule has 0 fully saturated rings. The molecule has 1 heterocycles. The van der Waals surface area contributed by atoms with Crippen LogP contribution in [0.4, 0.5) is 5.69 Å². The number of anilines is 1. The fraction of sp³-hybridized carbons (Fsp3) is 0.0909. The Kier molecular flexibility index (Phi) is 4.01. The van der Waals surface area contributed by atoms with Gasteiger partial charge in [-0.2, -0.15) is 0 Å². The van der Waals surface area contributed by atoms with Gasteiger partial charge in [0.15, 0.2) is 0 Å². The van der Waals surface area contributed by atoms with Crippen LogP contribution in [0, 0.1) is 0 Å². The Balaban J connectivity index is 1.83. The average Bonchev–Trinajstić information content (AvgIpc) is 2.67. The van der Waals surface area contributed by atoms with E-state index in [4.69, 9.17) is 4.42 Å². The molecular weight excluding hydrogens is 326 g/mol. The Hall–Kier alpha value is -3.40. The summed E-state index contributed by atoms with van der Waals surface area (Å²) >= 11 is 0. The zero-order valence-electron chi connectivity index (χ0n) is 14.3. The van der Waals surface area contributed by atoms with Crippen LogP contribution in [0.1, 0.15) is 22.8 Å². The smallest absolute Gasteiger partial charge is 0.349 e. The SMILES string of the molecule is CCc1ccccc1NC(=O)c1cc2c(ccc3ccccc32)oc1=O. The second kappa shape index (κ2) is 6.48. The standard InChI is InChI=1S/C22H17NO3/c1-2-14-7-4-6-10-19(14)23-21(24)18-13-17-16-9-5-3-8-15(16)11-12-20(17)26-22(18)25/h3-13H,2H2,1H3,(H,23,24). The third-order valence-electron chi connectivity index (χ3n) is 4.53. The van der Waals surface area contributed by atoms with Crippen LogP contribution in [0.3, 0.4) is 0 Å². The minimum Gasteiger partial charge on any atom is -0.422 e. The predicted octanol–water partition coefficient (Wildman–Crippen LogP) is 4.76. The number of nitrogens with one attached hydrogen (secondary N) is 1. The van der Waals surface area contributed by atoms with Gasteiger partial charge in [0.2, 0.25) is 0 Å². The van der Waals surface area contributed by atoms with Crippen molar-refractivity contribution in [3.05, 3.63) is 88.3 Å². The van der Waals surface area contributed by atoms with E-state index in [2.05, 4.69) is 5.32 Å². The van der Waals surface area contributed by atoms with Crippen LogP contribution in [0.25, 0.3) is 21.7 Å². The Morgan fingerprint density at radius 2 is 1.73 bits per heavy atom. The monoisotopic (exact) mass is 343 g/mol. The average molecular weight is 343 g/mol. The van der Waals surface area contributed by atoms with Crippen LogP contribution in [-0.4, -0.2) is 5.91 Å². The van der Waals surface area contributed by atoms with Crippen LogP contribution < -0.4 is 10.9 Å². The number of fused-ring (bicyclic) bond motifs is 3. The third-order valence-corrected chi connectivity index (χ3v) is 4.53. The first-order valence-electron chi connectivity index (χ1n) is 8.52. The first-order valence-corrected chi connectivity index (χ1v) is 8.52. The highest BCUT2D eigenvalue weighted by molar-refractivity contribution is 6.10. The van der Waals surface area contributed by atoms with Crippen molar-refractivity contribution in [3.63, 3.8) is 0 Å². The number of amides is 1. The van der Waals surface area contributed by atoms with Gasteiger partial charge in [0.25, 0.3) is 5.91 Å². The lowest BCUT2D eigenvalue weighted by molar-refractivity contribution is 0.102. The minimum absolute atomic E-state index is 0.000223. The third kappa shape index (κ3) is 2.75. The molecule has 128 valence electrons. The minimum atomic E-state index is -0.640. The summed E-state index contributed by atoms with van der Waals surface area (Å²) in [5.74, 6) is -0.463. The number of rotatable bonds is 3. The van der Waals surface area contributed by atoms with Crippen molar-refractivity contribution < 1.29 is 9.21 Å². The topological polar surface area (TPSA) is 59.3 Å². The number of carbonyl (C=O) groups is 1. The molecular formula is C22H17NO3. The molecule has 4 nitrogen and oxygen atoms in total. The summed E-state index contributed by atoms with van der Waals surface area (Å²) in [4.78, 5) is 25.0. The molecule has 4 heteroatoms. The molecule has 26 heavy (non-hydrogen) atoms. The molecule has 0 unspecified atom stereocenters. The maximum Gasteiger partial charge on any atom is 0.349 e. The Morgan fingerprint density at radius 3 is 2.58 bits per heavy atom. The van der Waals surface area contributed by atoms with Crippen molar-refractivity contribution in [3.8, 4) is 0 Å². The molecule has 1 N–H and O–H groups in total. The van der Waals surface area contributed by atoms with Gasteiger partial charge in [-0.15, -0.1) is 0 Å². The van der Waals surface area contributed by atoms with Crippen LogP contribution in [0.2, 0.25) is 0 Å². The second-order valence-corrected chi connectivity index (χ2v) is 6.11. The normalized spacial score (nSPS) is 11.0. The molecule has 4 aromatic rings. The van der Waals surface area contributed by atoms with Gasteiger partial charge < -0.3 is 9.73 Å². The lowest BCUT2D eigenvalue weighted by atomic mass is 10.0. The van der Waals surface area contributed by atoms with Crippen molar-refractivity contribution in [2.24, 2.45) is 0 Å². The van der Waals surface area contributed by atoms with Crippen molar-refractivity contribution in [2.75, 3.05) is 5.32 Å². The zero-order valence-corrected chi connectivity index (χ0v) is 14.3. The summed E-state index contributed by atoms with van der Waals surface area (Å²) in [6.07, 6.45) is 0.785. The second-order valence-electron chi connectivity index (χ2n) is 6.11. The maximum absolute atomic E-state index is 12.7. The molecule has 0 radical (unpaired) electrons. The van der Waals surface area contributed by atoms with E-state index in [0.717, 1.165) is 28.1 Å². The largest absolute Gasteiger partial charge is 0.422 e. The Labute approximate surface area is 150 Å². The fourth-order valence-corrected chi connectivity index (χ4v) is 3.17. The lowest BCUT2D eigenvalue weighted by Gasteiger charge is -2.10. The van der Waals surface area contributed by atoms with Crippen LogP contribution in [0.5, 0.6) is 0 Å². The van der Waals surface area contributed by atoms with Crippen LogP contribution in [0.15, 0.2) is 75.9 Å². The van der Waals surface area contributed by atoms with Crippen LogP contribution >= 0.6 is 0 Å². The molecule has 0 atom stereocenters. The van der Waals surface area contributed by atoms with E-state index < -0.39 is 11.5 Å². The molecule has 0 aliphatic rings. The number of hydrogen-bond acceptors (Lipinski definition) is 3. The fourth-order valence-electron chi connectivity index (χ4n) is 3.17. The van der Waals surface area contributed by atoms with Crippen molar-refractivity contribution in [2.45, 2.75) is 13.3 Å². The highest BCUT2D eigenvalue weighted by Gasteiger charge is 2.16. The summed E-state index contributed by atoms with van der Waals surface area (Å²) in [7, 11) is 0. The van der Waals surface area contributed by atoms with E-state index >= 15 is 0 Å². The number of hydrogen-bond donors (Lipinski definition) is 1. The quantitative estimate of drug-likeness (QED) is 0.431. The van der Waals surface area contributed by atoms with E-state index in [0.29, 0.717) is 11.3 Å².